The molecule has 2 aromatic rings. The van der Waals surface area contributed by atoms with E-state index in [1.807, 2.05) is 0 Å². The fraction of sp³-hybridized carbons (Fsp3) is 0.263. The molecule has 0 radical (unpaired) electrons. The van der Waals surface area contributed by atoms with E-state index < -0.39 is 28.5 Å². The standard InChI is InChI=1S/C19H19ClFN3O4/c1-11(2)17(19(26)22-10-12-3-6-14(21)7-4-12)23-18(25)13-5-8-15(20)16(9-13)24(27)28/h3-9,11,17H,10H2,1-2H3,(H,22,26)(H,23,25)/t17-/m1/s1. The zero-order valence-electron chi connectivity index (χ0n) is 15.2. The molecule has 1 atom stereocenters. The molecule has 2 N–H and O–H groups in total. The summed E-state index contributed by atoms with van der Waals surface area (Å²) >= 11 is 5.75. The fourth-order valence-electron chi connectivity index (χ4n) is 2.45. The minimum atomic E-state index is -0.859. The van der Waals surface area contributed by atoms with E-state index in [0.717, 1.165) is 6.07 Å². The fourth-order valence-corrected chi connectivity index (χ4v) is 2.64. The van der Waals surface area contributed by atoms with Gasteiger partial charge in [0, 0.05) is 18.2 Å². The van der Waals surface area contributed by atoms with Crippen LogP contribution < -0.4 is 10.6 Å². The first kappa shape index (κ1) is 21.3. The lowest BCUT2D eigenvalue weighted by Gasteiger charge is -2.22. The van der Waals surface area contributed by atoms with Crippen molar-refractivity contribution in [1.82, 2.24) is 10.6 Å². The summed E-state index contributed by atoms with van der Waals surface area (Å²) < 4.78 is 12.9. The molecule has 0 aliphatic rings. The average molecular weight is 408 g/mol. The summed E-state index contributed by atoms with van der Waals surface area (Å²) in [7, 11) is 0. The summed E-state index contributed by atoms with van der Waals surface area (Å²) in [4.78, 5) is 35.2. The van der Waals surface area contributed by atoms with Crippen LogP contribution in [0.3, 0.4) is 0 Å². The third-order valence-electron chi connectivity index (χ3n) is 4.02. The summed E-state index contributed by atoms with van der Waals surface area (Å²) in [6.07, 6.45) is 0. The molecule has 2 amide bonds. The van der Waals surface area contributed by atoms with Gasteiger partial charge >= 0.3 is 0 Å². The minimum Gasteiger partial charge on any atom is -0.350 e. The molecule has 0 aromatic heterocycles. The van der Waals surface area contributed by atoms with Crippen molar-refractivity contribution in [2.75, 3.05) is 0 Å². The molecule has 0 aliphatic heterocycles. The van der Waals surface area contributed by atoms with Gasteiger partial charge in [0.2, 0.25) is 5.91 Å². The summed E-state index contributed by atoms with van der Waals surface area (Å²) in [6, 6.07) is 8.48. The van der Waals surface area contributed by atoms with E-state index in [9.17, 15) is 24.1 Å². The van der Waals surface area contributed by atoms with Crippen LogP contribution in [-0.4, -0.2) is 22.8 Å². The normalized spacial score (nSPS) is 11.8. The lowest BCUT2D eigenvalue weighted by Crippen LogP contribution is -2.49. The Labute approximate surface area is 166 Å². The maximum absolute atomic E-state index is 12.9. The van der Waals surface area contributed by atoms with Crippen molar-refractivity contribution in [1.29, 1.82) is 0 Å². The molecule has 0 aliphatic carbocycles. The molecular weight excluding hydrogens is 389 g/mol. The maximum Gasteiger partial charge on any atom is 0.288 e. The summed E-state index contributed by atoms with van der Waals surface area (Å²) in [6.45, 7) is 3.68. The number of carbonyl (C=O) groups is 2. The number of nitrogens with zero attached hydrogens (tertiary/aromatic N) is 1. The van der Waals surface area contributed by atoms with Gasteiger partial charge in [-0.1, -0.05) is 37.6 Å². The van der Waals surface area contributed by atoms with E-state index in [2.05, 4.69) is 10.6 Å². The topological polar surface area (TPSA) is 101 Å². The smallest absolute Gasteiger partial charge is 0.288 e. The van der Waals surface area contributed by atoms with Crippen LogP contribution in [0.4, 0.5) is 10.1 Å². The largest absolute Gasteiger partial charge is 0.350 e. The SMILES string of the molecule is CC(C)[C@@H](NC(=O)c1ccc(Cl)c([N+](=O)[O-])c1)C(=O)NCc1ccc(F)cc1. The Balaban J connectivity index is 2.08. The second-order valence-electron chi connectivity index (χ2n) is 6.46. The van der Waals surface area contributed by atoms with Gasteiger partial charge in [-0.05, 0) is 35.7 Å². The first-order valence-electron chi connectivity index (χ1n) is 8.46. The van der Waals surface area contributed by atoms with Crippen molar-refractivity contribution in [3.8, 4) is 0 Å². The Bertz CT molecular complexity index is 887. The van der Waals surface area contributed by atoms with Crippen LogP contribution in [0.15, 0.2) is 42.5 Å². The molecule has 0 saturated carbocycles. The van der Waals surface area contributed by atoms with Gasteiger partial charge in [-0.25, -0.2) is 4.39 Å². The van der Waals surface area contributed by atoms with Crippen LogP contribution in [0.1, 0.15) is 29.8 Å². The van der Waals surface area contributed by atoms with Crippen molar-refractivity contribution in [2.24, 2.45) is 5.92 Å². The first-order chi connectivity index (χ1) is 13.2. The number of halogens is 2. The number of nitrogens with one attached hydrogen (secondary N) is 2. The van der Waals surface area contributed by atoms with Crippen LogP contribution in [0.5, 0.6) is 0 Å². The highest BCUT2D eigenvalue weighted by Gasteiger charge is 2.25. The second-order valence-corrected chi connectivity index (χ2v) is 6.87. The van der Waals surface area contributed by atoms with E-state index in [1.165, 1.54) is 24.3 Å². The number of benzene rings is 2. The Morgan fingerprint density at radius 1 is 1.18 bits per heavy atom. The van der Waals surface area contributed by atoms with Crippen molar-refractivity contribution >= 4 is 29.1 Å². The zero-order valence-corrected chi connectivity index (χ0v) is 16.0. The van der Waals surface area contributed by atoms with Crippen molar-refractivity contribution in [2.45, 2.75) is 26.4 Å². The van der Waals surface area contributed by atoms with Gasteiger partial charge < -0.3 is 10.6 Å². The van der Waals surface area contributed by atoms with Gasteiger partial charge in [0.1, 0.15) is 16.9 Å². The summed E-state index contributed by atoms with van der Waals surface area (Å²) in [5, 5.41) is 16.2. The van der Waals surface area contributed by atoms with Crippen LogP contribution >= 0.6 is 11.6 Å². The predicted octanol–water partition coefficient (Wildman–Crippen LogP) is 3.46. The number of hydrogen-bond acceptors (Lipinski definition) is 4. The number of nitro benzene ring substituents is 1. The molecule has 0 fully saturated rings. The highest BCUT2D eigenvalue weighted by atomic mass is 35.5. The predicted molar refractivity (Wildman–Crippen MR) is 102 cm³/mol. The summed E-state index contributed by atoms with van der Waals surface area (Å²) in [5.41, 5.74) is 0.334. The van der Waals surface area contributed by atoms with E-state index in [4.69, 9.17) is 11.6 Å². The number of nitro groups is 1. The monoisotopic (exact) mass is 407 g/mol. The highest BCUT2D eigenvalue weighted by Crippen LogP contribution is 2.25. The molecule has 2 rings (SSSR count). The van der Waals surface area contributed by atoms with Gasteiger partial charge in [0.05, 0.1) is 4.92 Å². The van der Waals surface area contributed by atoms with Crippen molar-refractivity contribution < 1.29 is 18.9 Å². The van der Waals surface area contributed by atoms with E-state index in [-0.39, 0.29) is 28.9 Å². The second kappa shape index (κ2) is 9.27. The van der Waals surface area contributed by atoms with E-state index in [0.29, 0.717) is 5.56 Å². The van der Waals surface area contributed by atoms with Gasteiger partial charge in [0.15, 0.2) is 0 Å². The number of carbonyl (C=O) groups excluding carboxylic acids is 2. The first-order valence-corrected chi connectivity index (χ1v) is 8.83. The van der Waals surface area contributed by atoms with Crippen LogP contribution in [0.25, 0.3) is 0 Å². The zero-order chi connectivity index (χ0) is 20.8. The molecule has 2 aromatic carbocycles. The van der Waals surface area contributed by atoms with Gasteiger partial charge in [0.25, 0.3) is 11.6 Å². The van der Waals surface area contributed by atoms with E-state index >= 15 is 0 Å². The third-order valence-corrected chi connectivity index (χ3v) is 4.34. The Kier molecular flexibility index (Phi) is 7.06. The molecule has 148 valence electrons. The van der Waals surface area contributed by atoms with Crippen LogP contribution in [0.2, 0.25) is 5.02 Å². The van der Waals surface area contributed by atoms with Gasteiger partial charge in [-0.2, -0.15) is 0 Å². The molecule has 0 bridgehead atoms. The Hall–Kier alpha value is -3.00. The third kappa shape index (κ3) is 5.50. The van der Waals surface area contributed by atoms with Crippen LogP contribution in [-0.2, 0) is 11.3 Å². The van der Waals surface area contributed by atoms with Crippen molar-refractivity contribution in [3.63, 3.8) is 0 Å². The lowest BCUT2D eigenvalue weighted by atomic mass is 10.0. The molecule has 0 saturated heterocycles. The molecule has 0 unspecified atom stereocenters. The van der Waals surface area contributed by atoms with E-state index in [1.54, 1.807) is 26.0 Å². The molecule has 0 heterocycles. The van der Waals surface area contributed by atoms with Gasteiger partial charge in [-0.3, -0.25) is 19.7 Å². The molecular formula is C19H19ClFN3O4. The quantitative estimate of drug-likeness (QED) is 0.542. The molecule has 9 heteroatoms. The number of amides is 2. The lowest BCUT2D eigenvalue weighted by molar-refractivity contribution is -0.384. The Morgan fingerprint density at radius 3 is 2.39 bits per heavy atom. The average Bonchev–Trinajstić information content (AvgIpc) is 2.65. The minimum absolute atomic E-state index is 0.0214. The Morgan fingerprint density at radius 2 is 1.82 bits per heavy atom. The number of hydrogen-bond donors (Lipinski definition) is 2. The van der Waals surface area contributed by atoms with Gasteiger partial charge in [-0.15, -0.1) is 0 Å². The number of rotatable bonds is 7. The molecule has 0 spiro atoms. The highest BCUT2D eigenvalue weighted by molar-refractivity contribution is 6.32. The molecule has 7 nitrogen and oxygen atoms in total. The molecule has 28 heavy (non-hydrogen) atoms. The van der Waals surface area contributed by atoms with Crippen LogP contribution in [0, 0.1) is 21.8 Å². The maximum atomic E-state index is 12.9. The van der Waals surface area contributed by atoms with Crippen molar-refractivity contribution in [3.05, 3.63) is 74.5 Å². The summed E-state index contributed by atoms with van der Waals surface area (Å²) in [5.74, 6) is -1.66.